The Kier molecular flexibility index (Phi) is 5.77. The van der Waals surface area contributed by atoms with Crippen molar-refractivity contribution in [3.05, 3.63) is 0 Å². The second kappa shape index (κ2) is 6.02. The summed E-state index contributed by atoms with van der Waals surface area (Å²) in [7, 11) is 0. The van der Waals surface area contributed by atoms with Gasteiger partial charge in [0, 0.05) is 6.54 Å². The van der Waals surface area contributed by atoms with Gasteiger partial charge in [0.25, 0.3) is 0 Å². The van der Waals surface area contributed by atoms with E-state index in [9.17, 15) is 4.79 Å². The quantitative estimate of drug-likeness (QED) is 0.685. The second-order valence-electron chi connectivity index (χ2n) is 4.63. The van der Waals surface area contributed by atoms with E-state index in [-0.39, 0.29) is 17.4 Å². The van der Waals surface area contributed by atoms with Crippen LogP contribution in [0.4, 0.5) is 0 Å². The van der Waals surface area contributed by atoms with Crippen molar-refractivity contribution in [1.29, 1.82) is 0 Å². The molecule has 0 aliphatic carbocycles. The fourth-order valence-electron chi connectivity index (χ4n) is 1.02. The van der Waals surface area contributed by atoms with Gasteiger partial charge in [0.1, 0.15) is 0 Å². The van der Waals surface area contributed by atoms with Gasteiger partial charge in [-0.2, -0.15) is 0 Å². The van der Waals surface area contributed by atoms with E-state index < -0.39 is 0 Å². The van der Waals surface area contributed by atoms with E-state index in [1.54, 1.807) is 0 Å². The number of amides is 1. The predicted molar refractivity (Wildman–Crippen MR) is 60.0 cm³/mol. The van der Waals surface area contributed by atoms with Crippen molar-refractivity contribution >= 4 is 5.91 Å². The molecular weight excluding hydrogens is 176 g/mol. The molecule has 0 unspecified atom stereocenters. The van der Waals surface area contributed by atoms with Gasteiger partial charge in [0.2, 0.25) is 5.91 Å². The molecule has 0 aromatic rings. The fourth-order valence-corrected chi connectivity index (χ4v) is 1.02. The van der Waals surface area contributed by atoms with E-state index in [4.69, 9.17) is 5.73 Å². The molecule has 3 heteroatoms. The van der Waals surface area contributed by atoms with E-state index in [1.807, 2.05) is 6.92 Å². The highest BCUT2D eigenvalue weighted by molar-refractivity contribution is 5.81. The molecule has 0 fully saturated rings. The number of hydrogen-bond donors (Lipinski definition) is 2. The molecule has 0 radical (unpaired) electrons. The highest BCUT2D eigenvalue weighted by Gasteiger charge is 2.18. The zero-order chi connectivity index (χ0) is 11.2. The first kappa shape index (κ1) is 13.4. The van der Waals surface area contributed by atoms with E-state index in [2.05, 4.69) is 26.1 Å². The first-order chi connectivity index (χ1) is 6.43. The van der Waals surface area contributed by atoms with Crippen LogP contribution in [0.1, 0.15) is 47.0 Å². The normalized spacial score (nSPS) is 13.8. The molecule has 0 aromatic carbocycles. The van der Waals surface area contributed by atoms with Crippen molar-refractivity contribution < 1.29 is 4.79 Å². The Morgan fingerprint density at radius 2 is 2.00 bits per heavy atom. The Bertz CT molecular complexity index is 178. The van der Waals surface area contributed by atoms with E-state index >= 15 is 0 Å². The van der Waals surface area contributed by atoms with Gasteiger partial charge >= 0.3 is 0 Å². The van der Waals surface area contributed by atoms with Crippen molar-refractivity contribution in [2.75, 3.05) is 6.54 Å². The van der Waals surface area contributed by atoms with Crippen molar-refractivity contribution in [3.63, 3.8) is 0 Å². The molecular formula is C11H24N2O. The van der Waals surface area contributed by atoms with Crippen LogP contribution in [0.25, 0.3) is 0 Å². The van der Waals surface area contributed by atoms with Crippen LogP contribution >= 0.6 is 0 Å². The monoisotopic (exact) mass is 200 g/mol. The average Bonchev–Trinajstić information content (AvgIpc) is 2.15. The Balaban J connectivity index is 3.84. The number of hydrogen-bond acceptors (Lipinski definition) is 2. The third-order valence-electron chi connectivity index (χ3n) is 2.63. The Labute approximate surface area is 87.4 Å². The van der Waals surface area contributed by atoms with E-state index in [0.717, 1.165) is 19.3 Å². The maximum atomic E-state index is 11.5. The van der Waals surface area contributed by atoms with Gasteiger partial charge in [-0.25, -0.2) is 0 Å². The Hall–Kier alpha value is -0.570. The van der Waals surface area contributed by atoms with Crippen LogP contribution in [0.5, 0.6) is 0 Å². The SMILES string of the molecule is CCC[C@@H](N)C(=O)NCC(C)(C)CC. The zero-order valence-electron chi connectivity index (χ0n) is 9.89. The van der Waals surface area contributed by atoms with Gasteiger partial charge in [-0.05, 0) is 18.3 Å². The molecule has 0 aliphatic rings. The predicted octanol–water partition coefficient (Wildman–Crippen LogP) is 1.67. The molecule has 3 N–H and O–H groups in total. The van der Waals surface area contributed by atoms with Crippen molar-refractivity contribution in [2.24, 2.45) is 11.1 Å². The molecule has 14 heavy (non-hydrogen) atoms. The molecule has 1 amide bonds. The lowest BCUT2D eigenvalue weighted by Crippen LogP contribution is -2.43. The largest absolute Gasteiger partial charge is 0.354 e. The number of nitrogens with two attached hydrogens (primary N) is 1. The second-order valence-corrected chi connectivity index (χ2v) is 4.63. The van der Waals surface area contributed by atoms with Crippen molar-refractivity contribution in [2.45, 2.75) is 53.0 Å². The molecule has 0 heterocycles. The molecule has 1 atom stereocenters. The lowest BCUT2D eigenvalue weighted by atomic mass is 9.90. The van der Waals surface area contributed by atoms with E-state index in [0.29, 0.717) is 6.54 Å². The molecule has 0 spiro atoms. The molecule has 0 bridgehead atoms. The molecule has 0 aromatic heterocycles. The molecule has 0 saturated carbocycles. The van der Waals surface area contributed by atoms with Crippen LogP contribution in [0.15, 0.2) is 0 Å². The topological polar surface area (TPSA) is 55.1 Å². The van der Waals surface area contributed by atoms with Gasteiger partial charge in [0.15, 0.2) is 0 Å². The van der Waals surface area contributed by atoms with Gasteiger partial charge in [0.05, 0.1) is 6.04 Å². The molecule has 0 aliphatic heterocycles. The smallest absolute Gasteiger partial charge is 0.236 e. The molecule has 3 nitrogen and oxygen atoms in total. The van der Waals surface area contributed by atoms with Crippen molar-refractivity contribution in [1.82, 2.24) is 5.32 Å². The van der Waals surface area contributed by atoms with Crippen molar-refractivity contribution in [3.8, 4) is 0 Å². The summed E-state index contributed by atoms with van der Waals surface area (Å²) in [6.07, 6.45) is 2.76. The summed E-state index contributed by atoms with van der Waals surface area (Å²) >= 11 is 0. The number of carbonyl (C=O) groups excluding carboxylic acids is 1. The van der Waals surface area contributed by atoms with Gasteiger partial charge in [-0.15, -0.1) is 0 Å². The Morgan fingerprint density at radius 1 is 1.43 bits per heavy atom. The summed E-state index contributed by atoms with van der Waals surface area (Å²) < 4.78 is 0. The average molecular weight is 200 g/mol. The highest BCUT2D eigenvalue weighted by atomic mass is 16.2. The minimum Gasteiger partial charge on any atom is -0.354 e. The lowest BCUT2D eigenvalue weighted by Gasteiger charge is -2.23. The maximum Gasteiger partial charge on any atom is 0.236 e. The van der Waals surface area contributed by atoms with Crippen LogP contribution in [0.3, 0.4) is 0 Å². The molecule has 84 valence electrons. The number of rotatable bonds is 6. The first-order valence-electron chi connectivity index (χ1n) is 5.46. The number of carbonyl (C=O) groups is 1. The summed E-state index contributed by atoms with van der Waals surface area (Å²) in [6, 6.07) is -0.340. The van der Waals surface area contributed by atoms with Crippen LogP contribution < -0.4 is 11.1 Å². The highest BCUT2D eigenvalue weighted by Crippen LogP contribution is 2.17. The van der Waals surface area contributed by atoms with Gasteiger partial charge < -0.3 is 11.1 Å². The van der Waals surface area contributed by atoms with Crippen LogP contribution in [-0.2, 0) is 4.79 Å². The fraction of sp³-hybridized carbons (Fsp3) is 0.909. The van der Waals surface area contributed by atoms with Gasteiger partial charge in [-0.1, -0.05) is 34.1 Å². The molecule has 0 saturated heterocycles. The summed E-state index contributed by atoms with van der Waals surface area (Å²) in [5, 5.41) is 2.89. The van der Waals surface area contributed by atoms with E-state index in [1.165, 1.54) is 0 Å². The summed E-state index contributed by atoms with van der Waals surface area (Å²) in [4.78, 5) is 11.5. The summed E-state index contributed by atoms with van der Waals surface area (Å²) in [5.41, 5.74) is 5.85. The van der Waals surface area contributed by atoms with Crippen LogP contribution in [-0.4, -0.2) is 18.5 Å². The lowest BCUT2D eigenvalue weighted by molar-refractivity contribution is -0.122. The van der Waals surface area contributed by atoms with Crippen LogP contribution in [0.2, 0.25) is 0 Å². The first-order valence-corrected chi connectivity index (χ1v) is 5.46. The minimum absolute atomic E-state index is 0.0200. The third kappa shape index (κ3) is 5.22. The number of nitrogens with one attached hydrogen (secondary N) is 1. The zero-order valence-corrected chi connectivity index (χ0v) is 9.89. The minimum atomic E-state index is -0.340. The van der Waals surface area contributed by atoms with Crippen LogP contribution in [0, 0.1) is 5.41 Å². The third-order valence-corrected chi connectivity index (χ3v) is 2.63. The van der Waals surface area contributed by atoms with Gasteiger partial charge in [-0.3, -0.25) is 4.79 Å². The standard InChI is InChI=1S/C11H24N2O/c1-5-7-9(12)10(14)13-8-11(3,4)6-2/h9H,5-8,12H2,1-4H3,(H,13,14)/t9-/m1/s1. The maximum absolute atomic E-state index is 11.5. The molecule has 0 rings (SSSR count). The summed E-state index contributed by atoms with van der Waals surface area (Å²) in [6.45, 7) is 9.14. The summed E-state index contributed by atoms with van der Waals surface area (Å²) in [5.74, 6) is -0.0200. The Morgan fingerprint density at radius 3 is 2.43 bits per heavy atom.